The van der Waals surface area contributed by atoms with Crippen molar-refractivity contribution in [2.24, 2.45) is 11.1 Å². The lowest BCUT2D eigenvalue weighted by molar-refractivity contribution is -0.135. The van der Waals surface area contributed by atoms with E-state index in [1.807, 2.05) is 16.9 Å². The largest absolute Gasteiger partial charge is 0.381 e. The fourth-order valence-corrected chi connectivity index (χ4v) is 2.35. The van der Waals surface area contributed by atoms with Gasteiger partial charge in [0.2, 0.25) is 5.91 Å². The Kier molecular flexibility index (Phi) is 4.93. The van der Waals surface area contributed by atoms with E-state index >= 15 is 0 Å². The summed E-state index contributed by atoms with van der Waals surface area (Å²) in [6, 6.07) is 1.89. The molecule has 1 saturated heterocycles. The van der Waals surface area contributed by atoms with Crippen LogP contribution in [0.15, 0.2) is 18.5 Å². The van der Waals surface area contributed by atoms with E-state index in [1.165, 1.54) is 0 Å². The predicted molar refractivity (Wildman–Crippen MR) is 71.4 cm³/mol. The Morgan fingerprint density at radius 3 is 2.89 bits per heavy atom. The van der Waals surface area contributed by atoms with Gasteiger partial charge in [0, 0.05) is 45.2 Å². The smallest absolute Gasteiger partial charge is 0.227 e. The second-order valence-corrected chi connectivity index (χ2v) is 4.98. The minimum absolute atomic E-state index is 0.0683. The standard InChI is InChI=1S/C13H22N4O2/c14-11-13(3-9-19-10-4-13)12(18)15-5-1-7-17-8-2-6-16-17/h2,6,8H,1,3-5,7,9-11,14H2,(H,15,18). The monoisotopic (exact) mass is 266 g/mol. The molecule has 2 heterocycles. The Labute approximate surface area is 113 Å². The predicted octanol–water partition coefficient (Wildman–Crippen LogP) is 0.145. The summed E-state index contributed by atoms with van der Waals surface area (Å²) < 4.78 is 7.16. The summed E-state index contributed by atoms with van der Waals surface area (Å²) in [7, 11) is 0. The van der Waals surface area contributed by atoms with Crippen LogP contribution < -0.4 is 11.1 Å². The van der Waals surface area contributed by atoms with Gasteiger partial charge in [-0.25, -0.2) is 0 Å². The molecule has 2 rings (SSSR count). The maximum Gasteiger partial charge on any atom is 0.227 e. The van der Waals surface area contributed by atoms with Crippen molar-refractivity contribution in [1.82, 2.24) is 15.1 Å². The molecular weight excluding hydrogens is 244 g/mol. The zero-order valence-corrected chi connectivity index (χ0v) is 11.2. The first-order valence-electron chi connectivity index (χ1n) is 6.80. The van der Waals surface area contributed by atoms with Crippen LogP contribution in [-0.2, 0) is 16.1 Å². The second-order valence-electron chi connectivity index (χ2n) is 4.98. The number of carbonyl (C=O) groups is 1. The summed E-state index contributed by atoms with van der Waals surface area (Å²) >= 11 is 0. The number of hydrogen-bond donors (Lipinski definition) is 2. The van der Waals surface area contributed by atoms with E-state index in [4.69, 9.17) is 10.5 Å². The number of hydrogen-bond acceptors (Lipinski definition) is 4. The Morgan fingerprint density at radius 1 is 1.47 bits per heavy atom. The molecule has 0 atom stereocenters. The third-order valence-corrected chi connectivity index (χ3v) is 3.73. The van der Waals surface area contributed by atoms with Crippen LogP contribution in [-0.4, -0.2) is 42.0 Å². The fourth-order valence-electron chi connectivity index (χ4n) is 2.35. The highest BCUT2D eigenvalue weighted by atomic mass is 16.5. The molecule has 0 aliphatic carbocycles. The van der Waals surface area contributed by atoms with Crippen LogP contribution in [0.4, 0.5) is 0 Å². The molecule has 0 bridgehead atoms. The minimum atomic E-state index is -0.427. The Balaban J connectivity index is 1.73. The first-order valence-corrected chi connectivity index (χ1v) is 6.80. The molecule has 1 aliphatic rings. The molecule has 1 aromatic heterocycles. The van der Waals surface area contributed by atoms with Crippen LogP contribution in [0.25, 0.3) is 0 Å². The number of aromatic nitrogens is 2. The lowest BCUT2D eigenvalue weighted by Crippen LogP contribution is -2.49. The molecule has 0 unspecified atom stereocenters. The van der Waals surface area contributed by atoms with E-state index < -0.39 is 5.41 Å². The van der Waals surface area contributed by atoms with Crippen molar-refractivity contribution in [2.45, 2.75) is 25.8 Å². The maximum atomic E-state index is 12.2. The van der Waals surface area contributed by atoms with E-state index in [0.29, 0.717) is 39.1 Å². The number of ether oxygens (including phenoxy) is 1. The van der Waals surface area contributed by atoms with Crippen LogP contribution in [0, 0.1) is 5.41 Å². The maximum absolute atomic E-state index is 12.2. The molecule has 1 amide bonds. The van der Waals surface area contributed by atoms with Gasteiger partial charge in [0.1, 0.15) is 0 Å². The normalized spacial score (nSPS) is 18.2. The highest BCUT2D eigenvalue weighted by Gasteiger charge is 2.38. The molecule has 0 spiro atoms. The van der Waals surface area contributed by atoms with Gasteiger partial charge in [-0.2, -0.15) is 5.10 Å². The number of rotatable bonds is 6. The van der Waals surface area contributed by atoms with Crippen LogP contribution in [0.1, 0.15) is 19.3 Å². The molecule has 3 N–H and O–H groups in total. The molecule has 0 radical (unpaired) electrons. The number of nitrogens with zero attached hydrogens (tertiary/aromatic N) is 2. The highest BCUT2D eigenvalue weighted by Crippen LogP contribution is 2.29. The molecule has 0 aromatic carbocycles. The van der Waals surface area contributed by atoms with Gasteiger partial charge in [-0.3, -0.25) is 9.48 Å². The SMILES string of the molecule is NCC1(C(=O)NCCCn2cccn2)CCOCC1. The van der Waals surface area contributed by atoms with Crippen molar-refractivity contribution in [3.8, 4) is 0 Å². The number of carbonyl (C=O) groups excluding carboxylic acids is 1. The van der Waals surface area contributed by atoms with Gasteiger partial charge in [-0.05, 0) is 25.3 Å². The number of nitrogens with two attached hydrogens (primary N) is 1. The molecule has 106 valence electrons. The Hall–Kier alpha value is -1.40. The molecule has 1 aliphatic heterocycles. The van der Waals surface area contributed by atoms with Crippen LogP contribution in [0.2, 0.25) is 0 Å². The fraction of sp³-hybridized carbons (Fsp3) is 0.692. The Bertz CT molecular complexity index is 385. The molecule has 19 heavy (non-hydrogen) atoms. The van der Waals surface area contributed by atoms with Crippen molar-refractivity contribution < 1.29 is 9.53 Å². The molecule has 0 saturated carbocycles. The van der Waals surface area contributed by atoms with Gasteiger partial charge < -0.3 is 15.8 Å². The first kappa shape index (κ1) is 14.0. The average Bonchev–Trinajstić information content (AvgIpc) is 2.97. The zero-order chi connectivity index (χ0) is 13.6. The van der Waals surface area contributed by atoms with Crippen LogP contribution in [0.5, 0.6) is 0 Å². The summed E-state index contributed by atoms with van der Waals surface area (Å²) in [5, 5.41) is 7.11. The van der Waals surface area contributed by atoms with Gasteiger partial charge in [-0.15, -0.1) is 0 Å². The second kappa shape index (κ2) is 6.68. The minimum Gasteiger partial charge on any atom is -0.381 e. The van der Waals surface area contributed by atoms with E-state index in [0.717, 1.165) is 13.0 Å². The van der Waals surface area contributed by atoms with Crippen LogP contribution >= 0.6 is 0 Å². The number of aryl methyl sites for hydroxylation is 1. The quantitative estimate of drug-likeness (QED) is 0.718. The zero-order valence-electron chi connectivity index (χ0n) is 11.2. The molecule has 6 nitrogen and oxygen atoms in total. The Morgan fingerprint density at radius 2 is 2.26 bits per heavy atom. The van der Waals surface area contributed by atoms with Crippen molar-refractivity contribution in [1.29, 1.82) is 0 Å². The summed E-state index contributed by atoms with van der Waals surface area (Å²) in [5.41, 5.74) is 5.36. The van der Waals surface area contributed by atoms with Gasteiger partial charge in [0.25, 0.3) is 0 Å². The van der Waals surface area contributed by atoms with Crippen LogP contribution in [0.3, 0.4) is 0 Å². The lowest BCUT2D eigenvalue weighted by atomic mass is 9.79. The van der Waals surface area contributed by atoms with Gasteiger partial charge >= 0.3 is 0 Å². The average molecular weight is 266 g/mol. The lowest BCUT2D eigenvalue weighted by Gasteiger charge is -2.34. The van der Waals surface area contributed by atoms with Gasteiger partial charge in [0.15, 0.2) is 0 Å². The first-order chi connectivity index (χ1) is 9.27. The number of amides is 1. The van der Waals surface area contributed by atoms with E-state index in [9.17, 15) is 4.79 Å². The van der Waals surface area contributed by atoms with Crippen molar-refractivity contribution in [3.63, 3.8) is 0 Å². The summed E-state index contributed by atoms with van der Waals surface area (Å²) in [6.45, 7) is 3.10. The molecule has 1 aromatic rings. The summed E-state index contributed by atoms with van der Waals surface area (Å²) in [5.74, 6) is 0.0683. The summed E-state index contributed by atoms with van der Waals surface area (Å²) in [4.78, 5) is 12.2. The van der Waals surface area contributed by atoms with E-state index in [1.54, 1.807) is 6.20 Å². The summed E-state index contributed by atoms with van der Waals surface area (Å²) in [6.07, 6.45) is 5.97. The third-order valence-electron chi connectivity index (χ3n) is 3.73. The van der Waals surface area contributed by atoms with Crippen molar-refractivity contribution >= 4 is 5.91 Å². The van der Waals surface area contributed by atoms with Gasteiger partial charge in [0.05, 0.1) is 5.41 Å². The number of nitrogens with one attached hydrogen (secondary N) is 1. The van der Waals surface area contributed by atoms with Crippen molar-refractivity contribution in [3.05, 3.63) is 18.5 Å². The topological polar surface area (TPSA) is 82.2 Å². The molecule has 1 fully saturated rings. The molecule has 6 heteroatoms. The van der Waals surface area contributed by atoms with Crippen molar-refractivity contribution in [2.75, 3.05) is 26.3 Å². The highest BCUT2D eigenvalue weighted by molar-refractivity contribution is 5.83. The van der Waals surface area contributed by atoms with Gasteiger partial charge in [-0.1, -0.05) is 0 Å². The third kappa shape index (κ3) is 3.54. The molecular formula is C13H22N4O2. The van der Waals surface area contributed by atoms with E-state index in [2.05, 4.69) is 10.4 Å². The van der Waals surface area contributed by atoms with E-state index in [-0.39, 0.29) is 5.91 Å².